The summed E-state index contributed by atoms with van der Waals surface area (Å²) in [4.78, 5) is 0. The summed E-state index contributed by atoms with van der Waals surface area (Å²) in [6.07, 6.45) is 0. The maximum atomic E-state index is 4.49. The van der Waals surface area contributed by atoms with Crippen LogP contribution in [0.1, 0.15) is 36.3 Å². The molecule has 0 aliphatic rings. The van der Waals surface area contributed by atoms with Gasteiger partial charge in [-0.3, -0.25) is 0 Å². The first-order valence-electron chi connectivity index (χ1n) is 12.6. The van der Waals surface area contributed by atoms with Crippen molar-refractivity contribution in [1.29, 1.82) is 0 Å². The first kappa shape index (κ1) is 28.9. The van der Waals surface area contributed by atoms with E-state index in [1.807, 2.05) is 0 Å². The van der Waals surface area contributed by atoms with Crippen LogP contribution in [0.2, 0.25) is 0 Å². The van der Waals surface area contributed by atoms with Gasteiger partial charge in [-0.05, 0) is 48.4 Å². The Morgan fingerprint density at radius 1 is 0.447 bits per heavy atom. The second kappa shape index (κ2) is 14.9. The van der Waals surface area contributed by atoms with E-state index in [9.17, 15) is 0 Å². The van der Waals surface area contributed by atoms with E-state index in [2.05, 4.69) is 187 Å². The molecule has 0 saturated carbocycles. The van der Waals surface area contributed by atoms with E-state index < -0.39 is 15.8 Å². The fourth-order valence-corrected chi connectivity index (χ4v) is 10.0. The Morgan fingerprint density at radius 3 is 0.974 bits per heavy atom. The summed E-state index contributed by atoms with van der Waals surface area (Å²) >= 11 is 2.22. The molecule has 0 nitrogen and oxygen atoms in total. The van der Waals surface area contributed by atoms with Crippen LogP contribution in [-0.4, -0.2) is 0 Å². The molecule has 0 unspecified atom stereocenters. The minimum atomic E-state index is -0.549. The normalized spacial score (nSPS) is 12.5. The van der Waals surface area contributed by atoms with E-state index in [1.54, 1.807) is 0 Å². The fraction of sp³-hybridized carbons (Fsp3) is 0.118. The van der Waals surface area contributed by atoms with Crippen molar-refractivity contribution < 1.29 is 18.2 Å². The van der Waals surface area contributed by atoms with Gasteiger partial charge in [-0.2, -0.15) is 35.4 Å². The van der Waals surface area contributed by atoms with E-state index in [1.165, 1.54) is 32.3 Å². The van der Waals surface area contributed by atoms with Gasteiger partial charge < -0.3 is 0 Å². The van der Waals surface area contributed by atoms with Gasteiger partial charge in [0.1, 0.15) is 0 Å². The second-order valence-corrected chi connectivity index (χ2v) is 14.1. The molecule has 0 bridgehead atoms. The van der Waals surface area contributed by atoms with Crippen LogP contribution in [0.5, 0.6) is 0 Å². The first-order valence-corrected chi connectivity index (χ1v) is 17.5. The van der Waals surface area contributed by atoms with Crippen molar-refractivity contribution in [2.24, 2.45) is 0 Å². The summed E-state index contributed by atoms with van der Waals surface area (Å²) in [5.41, 5.74) is 3.32. The molecule has 0 fully saturated rings. The molecule has 0 aliphatic heterocycles. The van der Waals surface area contributed by atoms with Gasteiger partial charge in [0.2, 0.25) is 0 Å². The first-order chi connectivity index (χ1) is 18.7. The van der Waals surface area contributed by atoms with E-state index in [-0.39, 0.29) is 0 Å². The molecule has 5 rings (SSSR count). The minimum absolute atomic E-state index is 0.358. The van der Waals surface area contributed by atoms with Gasteiger partial charge in [-0.25, -0.2) is 0 Å². The molecule has 0 aromatic heterocycles. The van der Waals surface area contributed by atoms with Gasteiger partial charge in [0.05, 0.1) is 0 Å². The van der Waals surface area contributed by atoms with Crippen molar-refractivity contribution in [1.82, 2.24) is 0 Å². The molecule has 194 valence electrons. The summed E-state index contributed by atoms with van der Waals surface area (Å²) in [6, 6.07) is 54.7. The third-order valence-corrected chi connectivity index (χ3v) is 12.2. The van der Waals surface area contributed by atoms with Crippen LogP contribution in [0.15, 0.2) is 140 Å². The van der Waals surface area contributed by atoms with Gasteiger partial charge in [0.15, 0.2) is 0 Å². The molecule has 0 amide bonds. The zero-order chi connectivity index (χ0) is 26.7. The summed E-state index contributed by atoms with van der Waals surface area (Å²) < 4.78 is 0. The standard InChI is InChI=1S/C34H31P2.ClH.Pd/c1-27(35(31-18-7-3-8-19-31)32-20-9-4-10-21-32)29-16-15-17-30(26-29)28(2)36(33-22-11-5-12-23-33)34-24-13-6-14-25-34;;/h3-25,27-28H,1-2H3;1H;/q-1;;+2/p-1/t27-,28-;;/m1../s1. The molecule has 38 heavy (non-hydrogen) atoms. The van der Waals surface area contributed by atoms with E-state index in [4.69, 9.17) is 0 Å². The molecule has 0 N–H and O–H groups in total. The Kier molecular flexibility index (Phi) is 11.3. The van der Waals surface area contributed by atoms with Crippen molar-refractivity contribution >= 4 is 46.6 Å². The topological polar surface area (TPSA) is 0 Å². The quantitative estimate of drug-likeness (QED) is 0.0904. The van der Waals surface area contributed by atoms with E-state index >= 15 is 0 Å². The van der Waals surface area contributed by atoms with Crippen LogP contribution in [0.4, 0.5) is 0 Å². The van der Waals surface area contributed by atoms with Crippen molar-refractivity contribution in [3.63, 3.8) is 0 Å². The number of halogens is 1. The van der Waals surface area contributed by atoms with Crippen LogP contribution in [0, 0.1) is 6.07 Å². The number of hydrogen-bond donors (Lipinski definition) is 0. The molecule has 5 aromatic rings. The van der Waals surface area contributed by atoms with Crippen LogP contribution >= 0.6 is 25.4 Å². The molecule has 4 heteroatoms. The monoisotopic (exact) mass is 642 g/mol. The Morgan fingerprint density at radius 2 is 0.711 bits per heavy atom. The average Bonchev–Trinajstić information content (AvgIpc) is 3.00. The Hall–Kier alpha value is -2.09. The van der Waals surface area contributed by atoms with Crippen LogP contribution < -0.4 is 21.2 Å². The zero-order valence-corrected chi connectivity index (χ0v) is 25.6. The Labute approximate surface area is 245 Å². The Balaban J connectivity index is 0.00000164. The second-order valence-electron chi connectivity index (χ2n) is 9.00. The van der Waals surface area contributed by atoms with Crippen molar-refractivity contribution in [3.8, 4) is 0 Å². The van der Waals surface area contributed by atoms with Gasteiger partial charge >= 0.3 is 27.7 Å². The predicted molar refractivity (Wildman–Crippen MR) is 166 cm³/mol. The predicted octanol–water partition coefficient (Wildman–Crippen LogP) is 8.56. The zero-order valence-electron chi connectivity index (χ0n) is 21.5. The average molecular weight is 643 g/mol. The summed E-state index contributed by atoms with van der Waals surface area (Å²) in [5.74, 6) is 0. The molecular weight excluding hydrogens is 612 g/mol. The van der Waals surface area contributed by atoms with Crippen molar-refractivity contribution in [2.75, 3.05) is 0 Å². The molecule has 2 atom stereocenters. The van der Waals surface area contributed by atoms with Crippen LogP contribution in [-0.2, 0) is 18.2 Å². The number of benzene rings is 5. The summed E-state index contributed by atoms with van der Waals surface area (Å²) in [6.45, 7) is 4.76. The maximum absolute atomic E-state index is 4.49. The molecule has 0 aliphatic carbocycles. The Bertz CT molecular complexity index is 1180. The van der Waals surface area contributed by atoms with Crippen molar-refractivity contribution in [2.45, 2.75) is 25.2 Å². The van der Waals surface area contributed by atoms with Gasteiger partial charge in [0, 0.05) is 0 Å². The van der Waals surface area contributed by atoms with E-state index in [0.29, 0.717) is 11.3 Å². The van der Waals surface area contributed by atoms with Gasteiger partial charge in [-0.15, -0.1) is 0 Å². The number of rotatable bonds is 8. The van der Waals surface area contributed by atoms with Gasteiger partial charge in [-0.1, -0.05) is 135 Å². The molecule has 0 radical (unpaired) electrons. The summed E-state index contributed by atoms with van der Waals surface area (Å²) in [5, 5.41) is 5.64. The third kappa shape index (κ3) is 7.10. The SMILES string of the molecule is C[C@H](c1[c-]c([C@@H](C)P(c2ccccc2)c2ccccc2)ccc1)P(c1ccccc1)c1ccccc1.[Cl][Pd+]. The molecule has 0 saturated heterocycles. The third-order valence-electron chi connectivity index (χ3n) is 6.65. The summed E-state index contributed by atoms with van der Waals surface area (Å²) in [7, 11) is 3.39. The van der Waals surface area contributed by atoms with E-state index in [0.717, 1.165) is 0 Å². The van der Waals surface area contributed by atoms with Gasteiger partial charge in [0.25, 0.3) is 0 Å². The molecule has 0 spiro atoms. The van der Waals surface area contributed by atoms with Crippen LogP contribution in [0.25, 0.3) is 0 Å². The molecule has 5 aromatic carbocycles. The fourth-order valence-electron chi connectivity index (χ4n) is 4.82. The molecular formula is C34H31ClP2Pd. The number of hydrogen-bond acceptors (Lipinski definition) is 0. The molecule has 0 heterocycles. The van der Waals surface area contributed by atoms with Crippen LogP contribution in [0.3, 0.4) is 0 Å². The van der Waals surface area contributed by atoms with Crippen molar-refractivity contribution in [3.05, 3.63) is 157 Å².